The maximum atomic E-state index is 13.7. The zero-order chi connectivity index (χ0) is 17.9. The molecule has 0 aromatic heterocycles. The molecule has 0 bridgehead atoms. The number of esters is 1. The van der Waals surface area contributed by atoms with Crippen molar-refractivity contribution in [3.8, 4) is 0 Å². The van der Waals surface area contributed by atoms with Crippen LogP contribution in [-0.2, 0) is 19.7 Å². The number of piperidine rings is 1. The Kier molecular flexibility index (Phi) is 5.40. The maximum Gasteiger partial charge on any atom is 0.309 e. The molecule has 1 aromatic rings. The van der Waals surface area contributed by atoms with Gasteiger partial charge < -0.3 is 9.64 Å². The van der Waals surface area contributed by atoms with Crippen LogP contribution in [0.5, 0.6) is 0 Å². The van der Waals surface area contributed by atoms with Crippen molar-refractivity contribution >= 4 is 11.9 Å². The van der Waals surface area contributed by atoms with Crippen LogP contribution in [0.2, 0.25) is 0 Å². The fourth-order valence-corrected chi connectivity index (χ4v) is 4.27. The van der Waals surface area contributed by atoms with Gasteiger partial charge in [0.05, 0.1) is 17.9 Å². The van der Waals surface area contributed by atoms with Crippen molar-refractivity contribution in [2.24, 2.45) is 5.92 Å². The van der Waals surface area contributed by atoms with Gasteiger partial charge in [-0.15, -0.1) is 0 Å². The topological polar surface area (TPSA) is 46.6 Å². The average Bonchev–Trinajstić information content (AvgIpc) is 3.12. The molecule has 1 saturated heterocycles. The second kappa shape index (κ2) is 7.54. The van der Waals surface area contributed by atoms with Gasteiger partial charge in [0.25, 0.3) is 0 Å². The Balaban J connectivity index is 1.74. The number of carbonyl (C=O) groups is 2. The lowest BCUT2D eigenvalue weighted by atomic mass is 9.77. The minimum Gasteiger partial charge on any atom is -0.466 e. The number of nitrogens with zero attached hydrogens (tertiary/aromatic N) is 1. The maximum absolute atomic E-state index is 13.7. The lowest BCUT2D eigenvalue weighted by Crippen LogP contribution is -2.49. The molecule has 1 saturated carbocycles. The van der Waals surface area contributed by atoms with Gasteiger partial charge in [0.15, 0.2) is 0 Å². The zero-order valence-corrected chi connectivity index (χ0v) is 14.8. The number of carbonyl (C=O) groups excluding carboxylic acids is 2. The summed E-state index contributed by atoms with van der Waals surface area (Å²) in [7, 11) is 0. The molecular weight excluding hydrogens is 321 g/mol. The molecule has 1 amide bonds. The predicted octanol–water partition coefficient (Wildman–Crippen LogP) is 3.44. The molecule has 2 fully saturated rings. The highest BCUT2D eigenvalue weighted by molar-refractivity contribution is 5.89. The van der Waals surface area contributed by atoms with Crippen LogP contribution in [0.25, 0.3) is 0 Å². The smallest absolute Gasteiger partial charge is 0.309 e. The molecular formula is C20H26FNO3. The number of hydrogen-bond donors (Lipinski definition) is 0. The van der Waals surface area contributed by atoms with E-state index in [0.717, 1.165) is 31.2 Å². The van der Waals surface area contributed by atoms with Crippen LogP contribution in [0, 0.1) is 11.7 Å². The summed E-state index contributed by atoms with van der Waals surface area (Å²) < 4.78 is 18.8. The molecule has 1 heterocycles. The Hall–Kier alpha value is -1.91. The van der Waals surface area contributed by atoms with Gasteiger partial charge in [-0.25, -0.2) is 4.39 Å². The first kappa shape index (κ1) is 17.9. The first-order chi connectivity index (χ1) is 12.1. The van der Waals surface area contributed by atoms with Crippen LogP contribution < -0.4 is 0 Å². The van der Waals surface area contributed by atoms with Crippen molar-refractivity contribution < 1.29 is 18.7 Å². The number of halogens is 1. The number of likely N-dealkylation sites (tertiary alicyclic amines) is 1. The molecule has 1 aliphatic carbocycles. The molecule has 3 rings (SSSR count). The van der Waals surface area contributed by atoms with E-state index in [0.29, 0.717) is 32.5 Å². The highest BCUT2D eigenvalue weighted by atomic mass is 19.1. The van der Waals surface area contributed by atoms with Crippen LogP contribution in [0.1, 0.15) is 51.0 Å². The van der Waals surface area contributed by atoms with Crippen LogP contribution in [0.3, 0.4) is 0 Å². The van der Waals surface area contributed by atoms with E-state index in [1.165, 1.54) is 12.1 Å². The SMILES string of the molecule is CCOC(=O)C1CCN(C(=O)C2(c3cccc(F)c3)CCCC2)CC1. The molecule has 136 valence electrons. The van der Waals surface area contributed by atoms with E-state index in [4.69, 9.17) is 4.74 Å². The van der Waals surface area contributed by atoms with E-state index in [2.05, 4.69) is 0 Å². The normalized spacial score (nSPS) is 20.5. The van der Waals surface area contributed by atoms with Gasteiger partial charge in [-0.2, -0.15) is 0 Å². The third kappa shape index (κ3) is 3.55. The molecule has 25 heavy (non-hydrogen) atoms. The lowest BCUT2D eigenvalue weighted by Gasteiger charge is -2.38. The molecule has 0 N–H and O–H groups in total. The van der Waals surface area contributed by atoms with Crippen LogP contribution in [0.15, 0.2) is 24.3 Å². The minimum atomic E-state index is -0.598. The molecule has 5 heteroatoms. The van der Waals surface area contributed by atoms with E-state index in [1.54, 1.807) is 13.0 Å². The summed E-state index contributed by atoms with van der Waals surface area (Å²) >= 11 is 0. The number of ether oxygens (including phenoxy) is 1. The van der Waals surface area contributed by atoms with Gasteiger partial charge in [-0.1, -0.05) is 25.0 Å². The number of hydrogen-bond acceptors (Lipinski definition) is 3. The van der Waals surface area contributed by atoms with Crippen molar-refractivity contribution in [1.82, 2.24) is 4.90 Å². The van der Waals surface area contributed by atoms with E-state index < -0.39 is 5.41 Å². The molecule has 4 nitrogen and oxygen atoms in total. The summed E-state index contributed by atoms with van der Waals surface area (Å²) in [5.74, 6) is -0.469. The van der Waals surface area contributed by atoms with Gasteiger partial charge in [-0.05, 0) is 50.3 Å². The fourth-order valence-electron chi connectivity index (χ4n) is 4.27. The highest BCUT2D eigenvalue weighted by Gasteiger charge is 2.45. The molecule has 1 aliphatic heterocycles. The molecule has 0 unspecified atom stereocenters. The first-order valence-corrected chi connectivity index (χ1v) is 9.29. The Morgan fingerprint density at radius 3 is 2.52 bits per heavy atom. The van der Waals surface area contributed by atoms with Crippen LogP contribution >= 0.6 is 0 Å². The Bertz CT molecular complexity index is 632. The summed E-state index contributed by atoms with van der Waals surface area (Å²) in [6.07, 6.45) is 4.80. The number of rotatable bonds is 4. The van der Waals surface area contributed by atoms with Crippen LogP contribution in [0.4, 0.5) is 4.39 Å². The van der Waals surface area contributed by atoms with Crippen LogP contribution in [-0.4, -0.2) is 36.5 Å². The lowest BCUT2D eigenvalue weighted by molar-refractivity contribution is -0.152. The van der Waals surface area contributed by atoms with E-state index in [1.807, 2.05) is 11.0 Å². The van der Waals surface area contributed by atoms with E-state index in [-0.39, 0.29) is 23.6 Å². The molecule has 1 aromatic carbocycles. The van der Waals surface area contributed by atoms with Crippen molar-refractivity contribution in [3.63, 3.8) is 0 Å². The quantitative estimate of drug-likeness (QED) is 0.784. The first-order valence-electron chi connectivity index (χ1n) is 9.29. The average molecular weight is 347 g/mol. The van der Waals surface area contributed by atoms with E-state index >= 15 is 0 Å². The molecule has 0 atom stereocenters. The Morgan fingerprint density at radius 1 is 1.24 bits per heavy atom. The Labute approximate surface area is 148 Å². The summed E-state index contributed by atoms with van der Waals surface area (Å²) in [6, 6.07) is 6.48. The predicted molar refractivity (Wildman–Crippen MR) is 92.5 cm³/mol. The Morgan fingerprint density at radius 2 is 1.92 bits per heavy atom. The summed E-state index contributed by atoms with van der Waals surface area (Å²) in [6.45, 7) is 3.33. The minimum absolute atomic E-state index is 0.0953. The van der Waals surface area contributed by atoms with Gasteiger partial charge in [-0.3, -0.25) is 9.59 Å². The summed E-state index contributed by atoms with van der Waals surface area (Å²) in [4.78, 5) is 27.1. The van der Waals surface area contributed by atoms with Crippen molar-refractivity contribution in [2.45, 2.75) is 50.9 Å². The third-order valence-electron chi connectivity index (χ3n) is 5.65. The van der Waals surface area contributed by atoms with E-state index in [9.17, 15) is 14.0 Å². The summed E-state index contributed by atoms with van der Waals surface area (Å²) in [5, 5.41) is 0. The van der Waals surface area contributed by atoms with Gasteiger partial charge in [0.2, 0.25) is 5.91 Å². The fraction of sp³-hybridized carbons (Fsp3) is 0.600. The molecule has 2 aliphatic rings. The number of benzene rings is 1. The highest BCUT2D eigenvalue weighted by Crippen LogP contribution is 2.43. The van der Waals surface area contributed by atoms with Gasteiger partial charge in [0.1, 0.15) is 5.82 Å². The monoisotopic (exact) mass is 347 g/mol. The van der Waals surface area contributed by atoms with Crippen molar-refractivity contribution in [3.05, 3.63) is 35.6 Å². The van der Waals surface area contributed by atoms with Gasteiger partial charge >= 0.3 is 5.97 Å². The van der Waals surface area contributed by atoms with Crippen molar-refractivity contribution in [1.29, 1.82) is 0 Å². The second-order valence-electron chi connectivity index (χ2n) is 7.12. The van der Waals surface area contributed by atoms with Gasteiger partial charge in [0, 0.05) is 13.1 Å². The molecule has 0 radical (unpaired) electrons. The third-order valence-corrected chi connectivity index (χ3v) is 5.65. The largest absolute Gasteiger partial charge is 0.466 e. The zero-order valence-electron chi connectivity index (χ0n) is 14.8. The second-order valence-corrected chi connectivity index (χ2v) is 7.12. The molecule has 0 spiro atoms. The standard InChI is InChI=1S/C20H26FNO3/c1-2-25-18(23)15-8-12-22(13-9-15)19(24)20(10-3-4-11-20)16-6-5-7-17(21)14-16/h5-7,14-15H,2-4,8-13H2,1H3. The summed E-state index contributed by atoms with van der Waals surface area (Å²) in [5.41, 5.74) is 0.196. The number of amides is 1. The van der Waals surface area contributed by atoms with Crippen molar-refractivity contribution in [2.75, 3.05) is 19.7 Å².